The van der Waals surface area contributed by atoms with Crippen molar-refractivity contribution in [3.63, 3.8) is 0 Å². The molecule has 3 aromatic rings. The molecule has 96 valence electrons. The lowest BCUT2D eigenvalue weighted by Crippen LogP contribution is -2.10. The predicted octanol–water partition coefficient (Wildman–Crippen LogP) is 3.96. The van der Waals surface area contributed by atoms with Gasteiger partial charge in [0.05, 0.1) is 13.2 Å². The van der Waals surface area contributed by atoms with Gasteiger partial charge in [-0.25, -0.2) is 0 Å². The smallest absolute Gasteiger partial charge is 0.126 e. The quantitative estimate of drug-likeness (QED) is 0.781. The third-order valence-corrected chi connectivity index (χ3v) is 4.28. The maximum atomic E-state index is 6.39. The first-order chi connectivity index (χ1) is 9.31. The van der Waals surface area contributed by atoms with Crippen molar-refractivity contribution in [2.75, 3.05) is 7.11 Å². The number of benzene rings is 2. The van der Waals surface area contributed by atoms with Crippen LogP contribution in [0.1, 0.15) is 16.5 Å². The van der Waals surface area contributed by atoms with E-state index in [-0.39, 0.29) is 6.04 Å². The van der Waals surface area contributed by atoms with E-state index in [1.54, 1.807) is 18.4 Å². The van der Waals surface area contributed by atoms with Gasteiger partial charge in [-0.1, -0.05) is 36.4 Å². The monoisotopic (exact) mass is 269 g/mol. The molecule has 19 heavy (non-hydrogen) atoms. The van der Waals surface area contributed by atoms with Crippen LogP contribution >= 0.6 is 11.3 Å². The molecule has 0 aliphatic rings. The molecule has 0 saturated heterocycles. The molecule has 1 aromatic heterocycles. The van der Waals surface area contributed by atoms with E-state index in [4.69, 9.17) is 10.5 Å². The number of rotatable bonds is 3. The molecule has 3 heteroatoms. The minimum atomic E-state index is -0.0872. The van der Waals surface area contributed by atoms with E-state index in [1.165, 1.54) is 4.88 Å². The van der Waals surface area contributed by atoms with Crippen LogP contribution in [0.5, 0.6) is 5.75 Å². The van der Waals surface area contributed by atoms with E-state index in [0.29, 0.717) is 0 Å². The minimum Gasteiger partial charge on any atom is -0.496 e. The third kappa shape index (κ3) is 2.11. The van der Waals surface area contributed by atoms with Gasteiger partial charge in [-0.05, 0) is 28.5 Å². The zero-order valence-electron chi connectivity index (χ0n) is 10.7. The Bertz CT molecular complexity index is 691. The number of hydrogen-bond acceptors (Lipinski definition) is 3. The van der Waals surface area contributed by atoms with Crippen LogP contribution < -0.4 is 10.5 Å². The van der Waals surface area contributed by atoms with Gasteiger partial charge in [0.1, 0.15) is 5.75 Å². The molecule has 0 bridgehead atoms. The third-order valence-electron chi connectivity index (χ3n) is 3.32. The Kier molecular flexibility index (Phi) is 3.23. The maximum absolute atomic E-state index is 6.39. The van der Waals surface area contributed by atoms with E-state index in [0.717, 1.165) is 22.1 Å². The Morgan fingerprint density at radius 3 is 2.47 bits per heavy atom. The molecule has 0 aliphatic carbocycles. The summed E-state index contributed by atoms with van der Waals surface area (Å²) in [6.07, 6.45) is 0. The second-order valence-electron chi connectivity index (χ2n) is 4.40. The molecule has 0 spiro atoms. The number of fused-ring (bicyclic) bond motifs is 1. The molecular formula is C16H15NOS. The second kappa shape index (κ2) is 5.03. The molecule has 1 atom stereocenters. The number of ether oxygens (including phenoxy) is 1. The summed E-state index contributed by atoms with van der Waals surface area (Å²) in [7, 11) is 1.70. The molecule has 0 aliphatic heterocycles. The molecular weight excluding hydrogens is 254 g/mol. The SMILES string of the molecule is COc1ccc([C@H](N)c2cccs2)c2ccccc12. The average molecular weight is 269 g/mol. The Hall–Kier alpha value is -1.84. The largest absolute Gasteiger partial charge is 0.496 e. The van der Waals surface area contributed by atoms with Crippen LogP contribution in [0.2, 0.25) is 0 Å². The standard InChI is InChI=1S/C16H15NOS/c1-18-14-9-8-13(11-5-2-3-6-12(11)14)16(17)15-7-4-10-19-15/h2-10,16H,17H2,1H3/t16-/m0/s1. The van der Waals surface area contributed by atoms with Crippen molar-refractivity contribution in [3.8, 4) is 5.75 Å². The Morgan fingerprint density at radius 1 is 1.00 bits per heavy atom. The van der Waals surface area contributed by atoms with Crippen molar-refractivity contribution < 1.29 is 4.74 Å². The van der Waals surface area contributed by atoms with Crippen molar-refractivity contribution in [3.05, 3.63) is 64.4 Å². The van der Waals surface area contributed by atoms with Crippen molar-refractivity contribution in [2.45, 2.75) is 6.04 Å². The fourth-order valence-electron chi connectivity index (χ4n) is 2.37. The van der Waals surface area contributed by atoms with Gasteiger partial charge in [0.2, 0.25) is 0 Å². The molecule has 0 unspecified atom stereocenters. The van der Waals surface area contributed by atoms with Gasteiger partial charge >= 0.3 is 0 Å². The molecule has 0 amide bonds. The molecule has 2 N–H and O–H groups in total. The average Bonchev–Trinajstić information content (AvgIpc) is 2.99. The summed E-state index contributed by atoms with van der Waals surface area (Å²) in [5, 5.41) is 4.32. The van der Waals surface area contributed by atoms with Crippen LogP contribution in [0.15, 0.2) is 53.9 Å². The van der Waals surface area contributed by atoms with Crippen molar-refractivity contribution in [1.82, 2.24) is 0 Å². The fraction of sp³-hybridized carbons (Fsp3) is 0.125. The first-order valence-electron chi connectivity index (χ1n) is 6.16. The van der Waals surface area contributed by atoms with E-state index in [2.05, 4.69) is 29.6 Å². The van der Waals surface area contributed by atoms with E-state index >= 15 is 0 Å². The number of hydrogen-bond donors (Lipinski definition) is 1. The van der Waals surface area contributed by atoms with Crippen molar-refractivity contribution in [1.29, 1.82) is 0 Å². The topological polar surface area (TPSA) is 35.2 Å². The summed E-state index contributed by atoms with van der Waals surface area (Å²) in [6, 6.07) is 16.3. The van der Waals surface area contributed by atoms with Gasteiger partial charge in [0.25, 0.3) is 0 Å². The van der Waals surface area contributed by atoms with Crippen LogP contribution in [0.25, 0.3) is 10.8 Å². The summed E-state index contributed by atoms with van der Waals surface area (Å²) in [5.41, 5.74) is 7.53. The molecule has 0 radical (unpaired) electrons. The van der Waals surface area contributed by atoms with E-state index in [1.807, 2.05) is 24.3 Å². The van der Waals surface area contributed by atoms with E-state index < -0.39 is 0 Å². The predicted molar refractivity (Wildman–Crippen MR) is 80.8 cm³/mol. The van der Waals surface area contributed by atoms with Crippen LogP contribution in [0.3, 0.4) is 0 Å². The normalized spacial score (nSPS) is 12.5. The lowest BCUT2D eigenvalue weighted by atomic mass is 9.97. The highest BCUT2D eigenvalue weighted by molar-refractivity contribution is 7.10. The lowest BCUT2D eigenvalue weighted by Gasteiger charge is -2.15. The van der Waals surface area contributed by atoms with Gasteiger partial charge in [-0.3, -0.25) is 0 Å². The minimum absolute atomic E-state index is 0.0872. The summed E-state index contributed by atoms with van der Waals surface area (Å²) in [6.45, 7) is 0. The highest BCUT2D eigenvalue weighted by Gasteiger charge is 2.14. The zero-order chi connectivity index (χ0) is 13.2. The highest BCUT2D eigenvalue weighted by Crippen LogP contribution is 2.34. The Labute approximate surface area is 116 Å². The summed E-state index contributed by atoms with van der Waals surface area (Å²) < 4.78 is 5.41. The second-order valence-corrected chi connectivity index (χ2v) is 5.37. The van der Waals surface area contributed by atoms with E-state index in [9.17, 15) is 0 Å². The van der Waals surface area contributed by atoms with Crippen molar-refractivity contribution >= 4 is 22.1 Å². The van der Waals surface area contributed by atoms with Crippen LogP contribution in [0, 0.1) is 0 Å². The Morgan fingerprint density at radius 2 is 1.79 bits per heavy atom. The lowest BCUT2D eigenvalue weighted by molar-refractivity contribution is 0.419. The first-order valence-corrected chi connectivity index (χ1v) is 7.04. The first kappa shape index (κ1) is 12.2. The molecule has 0 fully saturated rings. The van der Waals surface area contributed by atoms with Crippen LogP contribution in [0.4, 0.5) is 0 Å². The molecule has 2 aromatic carbocycles. The molecule has 2 nitrogen and oxygen atoms in total. The van der Waals surface area contributed by atoms with Gasteiger partial charge in [-0.2, -0.15) is 0 Å². The summed E-state index contributed by atoms with van der Waals surface area (Å²) in [5.74, 6) is 0.887. The highest BCUT2D eigenvalue weighted by atomic mass is 32.1. The number of thiophene rings is 1. The Balaban J connectivity index is 2.20. The molecule has 0 saturated carbocycles. The summed E-state index contributed by atoms with van der Waals surface area (Å²) in [4.78, 5) is 1.18. The van der Waals surface area contributed by atoms with Crippen molar-refractivity contribution in [2.24, 2.45) is 5.73 Å². The van der Waals surface area contributed by atoms with Gasteiger partial charge in [0, 0.05) is 10.3 Å². The van der Waals surface area contributed by atoms with Gasteiger partial charge in [-0.15, -0.1) is 11.3 Å². The maximum Gasteiger partial charge on any atom is 0.126 e. The fourth-order valence-corrected chi connectivity index (χ4v) is 3.11. The number of methoxy groups -OCH3 is 1. The number of nitrogens with two attached hydrogens (primary N) is 1. The summed E-state index contributed by atoms with van der Waals surface area (Å²) >= 11 is 1.69. The van der Waals surface area contributed by atoms with Crippen LogP contribution in [-0.4, -0.2) is 7.11 Å². The zero-order valence-corrected chi connectivity index (χ0v) is 11.5. The van der Waals surface area contributed by atoms with Gasteiger partial charge in [0.15, 0.2) is 0 Å². The molecule has 1 heterocycles. The van der Waals surface area contributed by atoms with Gasteiger partial charge < -0.3 is 10.5 Å². The molecule has 3 rings (SSSR count). The van der Waals surface area contributed by atoms with Crippen LogP contribution in [-0.2, 0) is 0 Å².